The molecule has 1 N–H and O–H groups in total. The van der Waals surface area contributed by atoms with Crippen molar-refractivity contribution in [2.75, 3.05) is 19.0 Å². The van der Waals surface area contributed by atoms with Crippen molar-refractivity contribution in [2.45, 2.75) is 6.42 Å². The molecule has 0 amide bonds. The normalized spacial score (nSPS) is 18.9. The van der Waals surface area contributed by atoms with Crippen molar-refractivity contribution in [3.05, 3.63) is 28.8 Å². The van der Waals surface area contributed by atoms with Gasteiger partial charge in [-0.25, -0.2) is 0 Å². The summed E-state index contributed by atoms with van der Waals surface area (Å²) in [6.45, 7) is 0.556. The number of carbonyl (C=O) groups excluding carboxylic acids is 2. The van der Waals surface area contributed by atoms with Crippen LogP contribution < -0.4 is 5.32 Å². The van der Waals surface area contributed by atoms with Crippen LogP contribution in [0.1, 0.15) is 16.8 Å². The van der Waals surface area contributed by atoms with Gasteiger partial charge in [-0.3, -0.25) is 9.59 Å². The number of halogens is 1. The Hall–Kier alpha value is -1.55. The number of ether oxygens (including phenoxy) is 1. The van der Waals surface area contributed by atoms with Gasteiger partial charge >= 0.3 is 5.97 Å². The summed E-state index contributed by atoms with van der Waals surface area (Å²) in [5.41, 5.74) is 1.16. The highest BCUT2D eigenvalue weighted by Crippen LogP contribution is 2.27. The van der Waals surface area contributed by atoms with Gasteiger partial charge < -0.3 is 10.1 Å². The Morgan fingerprint density at radius 3 is 3.00 bits per heavy atom. The number of hydrogen-bond acceptors (Lipinski definition) is 4. The van der Waals surface area contributed by atoms with E-state index in [1.54, 1.807) is 18.2 Å². The van der Waals surface area contributed by atoms with Gasteiger partial charge in [0, 0.05) is 22.8 Å². The van der Waals surface area contributed by atoms with Crippen molar-refractivity contribution < 1.29 is 14.3 Å². The standard InChI is InChI=1S/C12H12ClNO3/c1-17-12(16)8-4-5-14-10-3-2-7(13)6-9(10)11(8)15/h2-3,6,8,14H,4-5H2,1H3. The third kappa shape index (κ3) is 2.26. The quantitative estimate of drug-likeness (QED) is 0.615. The maximum Gasteiger partial charge on any atom is 0.316 e. The Morgan fingerprint density at radius 2 is 2.29 bits per heavy atom. The van der Waals surface area contributed by atoms with Gasteiger partial charge in [0.1, 0.15) is 5.92 Å². The van der Waals surface area contributed by atoms with Gasteiger partial charge in [-0.1, -0.05) is 11.6 Å². The molecule has 1 aromatic carbocycles. The number of benzene rings is 1. The molecule has 0 saturated carbocycles. The van der Waals surface area contributed by atoms with Crippen LogP contribution in [0.5, 0.6) is 0 Å². The number of fused-ring (bicyclic) bond motifs is 1. The van der Waals surface area contributed by atoms with E-state index in [-0.39, 0.29) is 5.78 Å². The molecule has 17 heavy (non-hydrogen) atoms. The van der Waals surface area contributed by atoms with Gasteiger partial charge in [0.05, 0.1) is 7.11 Å². The molecule has 0 aromatic heterocycles. The number of rotatable bonds is 1. The predicted molar refractivity (Wildman–Crippen MR) is 64.4 cm³/mol. The summed E-state index contributed by atoms with van der Waals surface area (Å²) in [4.78, 5) is 23.7. The molecule has 1 unspecified atom stereocenters. The Kier molecular flexibility index (Phi) is 3.33. The summed E-state index contributed by atoms with van der Waals surface area (Å²) in [7, 11) is 1.28. The number of anilines is 1. The largest absolute Gasteiger partial charge is 0.468 e. The lowest BCUT2D eigenvalue weighted by molar-refractivity contribution is -0.143. The first kappa shape index (κ1) is 11.9. The van der Waals surface area contributed by atoms with Crippen LogP contribution in [0, 0.1) is 5.92 Å². The summed E-state index contributed by atoms with van der Waals surface area (Å²) < 4.78 is 4.64. The summed E-state index contributed by atoms with van der Waals surface area (Å²) >= 11 is 5.86. The molecule has 5 heteroatoms. The molecule has 0 aliphatic carbocycles. The van der Waals surface area contributed by atoms with Crippen LogP contribution in [0.4, 0.5) is 5.69 Å². The van der Waals surface area contributed by atoms with Crippen molar-refractivity contribution in [1.29, 1.82) is 0 Å². The van der Waals surface area contributed by atoms with E-state index in [1.165, 1.54) is 7.11 Å². The molecule has 0 fully saturated rings. The fraction of sp³-hybridized carbons (Fsp3) is 0.333. The Bertz CT molecular complexity index is 473. The van der Waals surface area contributed by atoms with Crippen LogP contribution in [-0.4, -0.2) is 25.4 Å². The van der Waals surface area contributed by atoms with E-state index in [4.69, 9.17) is 11.6 Å². The van der Waals surface area contributed by atoms with E-state index in [0.717, 1.165) is 0 Å². The highest BCUT2D eigenvalue weighted by molar-refractivity contribution is 6.31. The average molecular weight is 254 g/mol. The fourth-order valence-electron chi connectivity index (χ4n) is 1.91. The number of nitrogens with one attached hydrogen (secondary N) is 1. The van der Waals surface area contributed by atoms with Gasteiger partial charge in [0.15, 0.2) is 5.78 Å². The topological polar surface area (TPSA) is 55.4 Å². The number of ketones is 1. The van der Waals surface area contributed by atoms with Crippen LogP contribution in [-0.2, 0) is 9.53 Å². The maximum atomic E-state index is 12.2. The van der Waals surface area contributed by atoms with E-state index in [9.17, 15) is 9.59 Å². The highest BCUT2D eigenvalue weighted by atomic mass is 35.5. The fourth-order valence-corrected chi connectivity index (χ4v) is 2.08. The van der Waals surface area contributed by atoms with Crippen LogP contribution in [0.3, 0.4) is 0 Å². The number of esters is 1. The monoisotopic (exact) mass is 253 g/mol. The first-order valence-electron chi connectivity index (χ1n) is 5.29. The lowest BCUT2D eigenvalue weighted by atomic mass is 9.95. The minimum absolute atomic E-state index is 0.237. The third-order valence-corrected chi connectivity index (χ3v) is 3.03. The van der Waals surface area contributed by atoms with Crippen LogP contribution in [0.15, 0.2) is 18.2 Å². The molecule has 0 saturated heterocycles. The molecule has 1 heterocycles. The second-order valence-electron chi connectivity index (χ2n) is 3.85. The maximum absolute atomic E-state index is 12.2. The van der Waals surface area contributed by atoms with E-state index >= 15 is 0 Å². The molecular weight excluding hydrogens is 242 g/mol. The Balaban J connectivity index is 2.41. The Morgan fingerprint density at radius 1 is 1.53 bits per heavy atom. The minimum atomic E-state index is -0.743. The molecule has 90 valence electrons. The SMILES string of the molecule is COC(=O)C1CCNc2ccc(Cl)cc2C1=O. The van der Waals surface area contributed by atoms with Crippen molar-refractivity contribution in [1.82, 2.24) is 0 Å². The number of methoxy groups -OCH3 is 1. The van der Waals surface area contributed by atoms with Crippen LogP contribution in [0.25, 0.3) is 0 Å². The third-order valence-electron chi connectivity index (χ3n) is 2.80. The van der Waals surface area contributed by atoms with Crippen molar-refractivity contribution in [2.24, 2.45) is 5.92 Å². The first-order chi connectivity index (χ1) is 8.13. The summed E-state index contributed by atoms with van der Waals surface area (Å²) in [5, 5.41) is 3.58. The van der Waals surface area contributed by atoms with E-state index in [1.807, 2.05) is 0 Å². The van der Waals surface area contributed by atoms with Crippen LogP contribution >= 0.6 is 11.6 Å². The van der Waals surface area contributed by atoms with Crippen LogP contribution in [0.2, 0.25) is 5.02 Å². The van der Waals surface area contributed by atoms with Gasteiger partial charge in [-0.05, 0) is 24.6 Å². The molecule has 1 aliphatic heterocycles. The summed E-state index contributed by atoms with van der Waals surface area (Å²) in [6, 6.07) is 5.03. The van der Waals surface area contributed by atoms with Gasteiger partial charge in [0.25, 0.3) is 0 Å². The summed E-state index contributed by atoms with van der Waals surface area (Å²) in [6.07, 6.45) is 0.428. The zero-order valence-corrected chi connectivity index (χ0v) is 10.1. The van der Waals surface area contributed by atoms with Crippen molar-refractivity contribution in [3.63, 3.8) is 0 Å². The first-order valence-corrected chi connectivity index (χ1v) is 5.66. The Labute approximate surface area is 104 Å². The van der Waals surface area contributed by atoms with E-state index < -0.39 is 11.9 Å². The molecule has 1 aromatic rings. The zero-order chi connectivity index (χ0) is 12.4. The van der Waals surface area contributed by atoms with E-state index in [2.05, 4.69) is 10.1 Å². The van der Waals surface area contributed by atoms with Gasteiger partial charge in [-0.2, -0.15) is 0 Å². The highest BCUT2D eigenvalue weighted by Gasteiger charge is 2.31. The molecule has 0 spiro atoms. The molecule has 2 rings (SSSR count). The lowest BCUT2D eigenvalue weighted by Gasteiger charge is -2.10. The molecule has 0 bridgehead atoms. The molecule has 4 nitrogen and oxygen atoms in total. The van der Waals surface area contributed by atoms with E-state index in [0.29, 0.717) is 29.2 Å². The average Bonchev–Trinajstić information content (AvgIpc) is 2.49. The number of carbonyl (C=O) groups is 2. The predicted octanol–water partition coefficient (Wildman–Crippen LogP) is 2.13. The smallest absolute Gasteiger partial charge is 0.316 e. The van der Waals surface area contributed by atoms with Gasteiger partial charge in [-0.15, -0.1) is 0 Å². The minimum Gasteiger partial charge on any atom is -0.468 e. The second-order valence-corrected chi connectivity index (χ2v) is 4.28. The van der Waals surface area contributed by atoms with Gasteiger partial charge in [0.2, 0.25) is 0 Å². The lowest BCUT2D eigenvalue weighted by Crippen LogP contribution is -2.25. The summed E-state index contributed by atoms with van der Waals surface area (Å²) in [5.74, 6) is -1.48. The zero-order valence-electron chi connectivity index (χ0n) is 9.33. The molecule has 1 aliphatic rings. The molecule has 0 radical (unpaired) electrons. The molecule has 1 atom stereocenters. The number of hydrogen-bond donors (Lipinski definition) is 1. The van der Waals surface area contributed by atoms with Crippen molar-refractivity contribution >= 4 is 29.0 Å². The molecular formula is C12H12ClNO3. The number of Topliss-reactive ketones (excluding diaryl/α,β-unsaturated/α-hetero) is 1. The second kappa shape index (κ2) is 4.75. The van der Waals surface area contributed by atoms with Crippen molar-refractivity contribution in [3.8, 4) is 0 Å².